The fourth-order valence-electron chi connectivity index (χ4n) is 5.02. The van der Waals surface area contributed by atoms with E-state index < -0.39 is 16.8 Å². The Kier molecular flexibility index (Phi) is 9.03. The third kappa shape index (κ3) is 6.41. The van der Waals surface area contributed by atoms with Crippen LogP contribution in [0.4, 0.5) is 10.1 Å². The lowest BCUT2D eigenvalue weighted by Gasteiger charge is -2.30. The quantitative estimate of drug-likeness (QED) is 0.332. The van der Waals surface area contributed by atoms with Gasteiger partial charge in [-0.3, -0.25) is 9.79 Å². The van der Waals surface area contributed by atoms with Crippen molar-refractivity contribution in [1.82, 2.24) is 9.62 Å². The SMILES string of the molecule is CCN=C(CN(C(=O)[C@H]1C[C@@H]1CC)c1ccc2c(c1)C(NS(=O)c1ccc(F)c(Cl)c1)CCC2)N(C)C. The molecule has 2 unspecified atom stereocenters. The molecule has 0 heterocycles. The number of aliphatic imine (C=N–C) groups is 1. The molecule has 0 spiro atoms. The van der Waals surface area contributed by atoms with Crippen molar-refractivity contribution in [3.63, 3.8) is 0 Å². The molecule has 2 aromatic rings. The van der Waals surface area contributed by atoms with Crippen molar-refractivity contribution in [2.75, 3.05) is 32.1 Å². The number of hydrogen-bond acceptors (Lipinski definition) is 3. The standard InChI is InChI=1S/C28H36ClFN4O2S/c1-5-18-14-23(18)28(35)34(17-27(31-6-2)33(3)4)20-11-10-19-8-7-9-26(22(19)15-20)32-37(36)21-12-13-25(30)24(29)16-21/h10-13,15-16,18,23,26,32H,5-9,14,17H2,1-4H3/t18-,23-,26?,37?/m0/s1. The fourth-order valence-corrected chi connectivity index (χ4v) is 6.32. The summed E-state index contributed by atoms with van der Waals surface area (Å²) in [6, 6.07) is 10.1. The lowest BCUT2D eigenvalue weighted by molar-refractivity contribution is -0.120. The number of amides is 1. The minimum Gasteiger partial charge on any atom is -0.365 e. The molecule has 1 saturated carbocycles. The number of hydrogen-bond donors (Lipinski definition) is 1. The van der Waals surface area contributed by atoms with Gasteiger partial charge in [-0.25, -0.2) is 13.3 Å². The summed E-state index contributed by atoms with van der Waals surface area (Å²) in [6.07, 6.45) is 4.64. The summed E-state index contributed by atoms with van der Waals surface area (Å²) in [5.41, 5.74) is 3.06. The molecule has 2 aromatic carbocycles. The summed E-state index contributed by atoms with van der Waals surface area (Å²) < 4.78 is 29.9. The van der Waals surface area contributed by atoms with E-state index in [1.54, 1.807) is 0 Å². The Labute approximate surface area is 226 Å². The van der Waals surface area contributed by atoms with Crippen LogP contribution in [0.5, 0.6) is 0 Å². The maximum atomic E-state index is 13.7. The van der Waals surface area contributed by atoms with Gasteiger partial charge in [0.05, 0.1) is 16.5 Å². The molecule has 1 N–H and O–H groups in total. The minimum atomic E-state index is -1.56. The highest BCUT2D eigenvalue weighted by atomic mass is 35.5. The molecule has 4 atom stereocenters. The van der Waals surface area contributed by atoms with Crippen molar-refractivity contribution in [3.05, 3.63) is 58.4 Å². The van der Waals surface area contributed by atoms with Gasteiger partial charge in [-0.05, 0) is 80.0 Å². The summed E-state index contributed by atoms with van der Waals surface area (Å²) >= 11 is 5.92. The Morgan fingerprint density at radius 3 is 2.65 bits per heavy atom. The maximum Gasteiger partial charge on any atom is 0.230 e. The molecule has 0 radical (unpaired) electrons. The van der Waals surface area contributed by atoms with Crippen molar-refractivity contribution in [3.8, 4) is 0 Å². The van der Waals surface area contributed by atoms with Crippen LogP contribution in [0, 0.1) is 17.7 Å². The number of aryl methyl sites for hydroxylation is 1. The fraction of sp³-hybridized carbons (Fsp3) is 0.500. The van der Waals surface area contributed by atoms with Crippen LogP contribution >= 0.6 is 11.6 Å². The van der Waals surface area contributed by atoms with Gasteiger partial charge in [-0.2, -0.15) is 0 Å². The van der Waals surface area contributed by atoms with Crippen molar-refractivity contribution in [1.29, 1.82) is 0 Å². The second-order valence-corrected chi connectivity index (χ2v) is 11.7. The molecular weight excluding hydrogens is 511 g/mol. The van der Waals surface area contributed by atoms with Crippen LogP contribution in [-0.4, -0.2) is 48.0 Å². The summed E-state index contributed by atoms with van der Waals surface area (Å²) in [7, 11) is 2.34. The average Bonchev–Trinajstić information content (AvgIpc) is 3.68. The number of nitrogens with one attached hydrogen (secondary N) is 1. The van der Waals surface area contributed by atoms with Crippen LogP contribution in [0.15, 0.2) is 46.3 Å². The van der Waals surface area contributed by atoms with E-state index in [4.69, 9.17) is 11.6 Å². The number of halogens is 2. The van der Waals surface area contributed by atoms with Crippen LogP contribution in [0.1, 0.15) is 56.7 Å². The molecule has 37 heavy (non-hydrogen) atoms. The van der Waals surface area contributed by atoms with Gasteiger partial charge < -0.3 is 9.80 Å². The summed E-state index contributed by atoms with van der Waals surface area (Å²) in [6.45, 7) is 5.18. The molecule has 1 amide bonds. The number of anilines is 1. The molecule has 2 aliphatic carbocycles. The molecule has 1 fully saturated rings. The third-order valence-corrected chi connectivity index (χ3v) is 8.77. The topological polar surface area (TPSA) is 65.0 Å². The van der Waals surface area contributed by atoms with Gasteiger partial charge >= 0.3 is 0 Å². The number of carbonyl (C=O) groups excluding carboxylic acids is 1. The van der Waals surface area contributed by atoms with E-state index in [2.05, 4.69) is 28.8 Å². The van der Waals surface area contributed by atoms with Gasteiger partial charge in [0, 0.05) is 38.3 Å². The van der Waals surface area contributed by atoms with Gasteiger partial charge in [-0.1, -0.05) is 31.0 Å². The Balaban J connectivity index is 1.64. The van der Waals surface area contributed by atoms with Gasteiger partial charge in [0.15, 0.2) is 0 Å². The number of benzene rings is 2. The van der Waals surface area contributed by atoms with E-state index in [-0.39, 0.29) is 22.9 Å². The second-order valence-electron chi connectivity index (χ2n) is 10.0. The van der Waals surface area contributed by atoms with Crippen molar-refractivity contribution >= 4 is 40.0 Å². The molecule has 0 aliphatic heterocycles. The van der Waals surface area contributed by atoms with E-state index in [0.29, 0.717) is 23.9 Å². The van der Waals surface area contributed by atoms with E-state index in [1.807, 2.05) is 36.9 Å². The zero-order chi connectivity index (χ0) is 26.7. The zero-order valence-corrected chi connectivity index (χ0v) is 23.5. The van der Waals surface area contributed by atoms with E-state index in [1.165, 1.54) is 23.8 Å². The Hall–Kier alpha value is -2.29. The summed E-state index contributed by atoms with van der Waals surface area (Å²) in [5.74, 6) is 0.951. The zero-order valence-electron chi connectivity index (χ0n) is 22.0. The largest absolute Gasteiger partial charge is 0.365 e. The highest BCUT2D eigenvalue weighted by molar-refractivity contribution is 7.83. The summed E-state index contributed by atoms with van der Waals surface area (Å²) in [5, 5.41) is -0.0518. The Morgan fingerprint density at radius 1 is 1.22 bits per heavy atom. The van der Waals surface area contributed by atoms with Gasteiger partial charge in [0.2, 0.25) is 5.91 Å². The lowest BCUT2D eigenvalue weighted by atomic mass is 9.87. The first kappa shape index (κ1) is 27.7. The predicted molar refractivity (Wildman–Crippen MR) is 149 cm³/mol. The number of fused-ring (bicyclic) bond motifs is 1. The number of rotatable bonds is 9. The predicted octanol–water partition coefficient (Wildman–Crippen LogP) is 5.53. The first-order chi connectivity index (χ1) is 17.7. The molecular formula is C28H36ClFN4O2S. The van der Waals surface area contributed by atoms with Crippen LogP contribution in [0.3, 0.4) is 0 Å². The monoisotopic (exact) mass is 546 g/mol. The number of likely N-dealkylation sites (N-methyl/N-ethyl adjacent to an activating group) is 1. The number of amidine groups is 1. The average molecular weight is 547 g/mol. The van der Waals surface area contributed by atoms with Crippen molar-refractivity contribution < 1.29 is 13.4 Å². The third-order valence-electron chi connectivity index (χ3n) is 7.30. The van der Waals surface area contributed by atoms with Crippen molar-refractivity contribution in [2.45, 2.75) is 56.9 Å². The number of carbonyl (C=O) groups is 1. The highest BCUT2D eigenvalue weighted by Gasteiger charge is 2.44. The van der Waals surface area contributed by atoms with Crippen molar-refractivity contribution in [2.24, 2.45) is 16.8 Å². The summed E-state index contributed by atoms with van der Waals surface area (Å²) in [4.78, 5) is 22.6. The molecule has 200 valence electrons. The van der Waals surface area contributed by atoms with Crippen LogP contribution in [-0.2, 0) is 22.2 Å². The molecule has 6 nitrogen and oxygen atoms in total. The molecule has 9 heteroatoms. The molecule has 2 aliphatic rings. The first-order valence-electron chi connectivity index (χ1n) is 13.0. The minimum absolute atomic E-state index is 0.0516. The highest BCUT2D eigenvalue weighted by Crippen LogP contribution is 2.43. The van der Waals surface area contributed by atoms with Gasteiger partial charge in [-0.15, -0.1) is 0 Å². The smallest absolute Gasteiger partial charge is 0.230 e. The molecule has 4 rings (SSSR count). The van der Waals surface area contributed by atoms with Crippen LogP contribution in [0.2, 0.25) is 5.02 Å². The van der Waals surface area contributed by atoms with E-state index in [0.717, 1.165) is 49.2 Å². The van der Waals surface area contributed by atoms with Gasteiger partial charge in [0.1, 0.15) is 22.6 Å². The Bertz CT molecular complexity index is 1200. The van der Waals surface area contributed by atoms with E-state index in [9.17, 15) is 13.4 Å². The van der Waals surface area contributed by atoms with Crippen LogP contribution in [0.25, 0.3) is 0 Å². The maximum absolute atomic E-state index is 13.7. The molecule has 0 bridgehead atoms. The molecule has 0 aromatic heterocycles. The van der Waals surface area contributed by atoms with E-state index >= 15 is 0 Å². The Morgan fingerprint density at radius 2 is 2.00 bits per heavy atom. The normalized spacial score (nSPS) is 21.8. The first-order valence-corrected chi connectivity index (χ1v) is 14.5. The molecule has 0 saturated heterocycles. The lowest BCUT2D eigenvalue weighted by Crippen LogP contribution is -2.42. The number of nitrogens with zero attached hydrogens (tertiary/aromatic N) is 3. The van der Waals surface area contributed by atoms with Crippen LogP contribution < -0.4 is 9.62 Å². The second kappa shape index (κ2) is 12.0. The van der Waals surface area contributed by atoms with Gasteiger partial charge in [0.25, 0.3) is 0 Å².